The van der Waals surface area contributed by atoms with Crippen LogP contribution in [0, 0.1) is 0 Å². The Labute approximate surface area is 128 Å². The fourth-order valence-corrected chi connectivity index (χ4v) is 2.98. The first-order valence-electron chi connectivity index (χ1n) is 8.07. The zero-order valence-electron chi connectivity index (χ0n) is 13.7. The molecule has 21 heavy (non-hydrogen) atoms. The Hall–Kier alpha value is -0.690. The van der Waals surface area contributed by atoms with Crippen LogP contribution in [-0.2, 0) is 9.53 Å². The number of morpholine rings is 1. The van der Waals surface area contributed by atoms with Gasteiger partial charge >= 0.3 is 0 Å². The second kappa shape index (κ2) is 7.54. The number of amides is 1. The van der Waals surface area contributed by atoms with E-state index >= 15 is 0 Å². The first kappa shape index (κ1) is 16.7. The average molecular weight is 298 g/mol. The summed E-state index contributed by atoms with van der Waals surface area (Å²) in [6, 6.07) is 0.165. The third kappa shape index (κ3) is 4.64. The zero-order chi connectivity index (χ0) is 15.3. The summed E-state index contributed by atoms with van der Waals surface area (Å²) in [5.41, 5.74) is -0.443. The molecule has 0 aromatic heterocycles. The highest BCUT2D eigenvalue weighted by Crippen LogP contribution is 2.15. The molecule has 0 radical (unpaired) electrons. The first-order valence-corrected chi connectivity index (χ1v) is 8.07. The Balaban J connectivity index is 1.80. The van der Waals surface area contributed by atoms with Crippen molar-refractivity contribution in [3.63, 3.8) is 0 Å². The molecule has 0 saturated carbocycles. The summed E-state index contributed by atoms with van der Waals surface area (Å²) in [4.78, 5) is 17.2. The maximum Gasteiger partial charge on any atom is 0.240 e. The lowest BCUT2D eigenvalue weighted by molar-refractivity contribution is -0.133. The molecule has 1 atom stereocenters. The molecule has 1 unspecified atom stereocenters. The molecular weight excluding hydrogens is 268 g/mol. The van der Waals surface area contributed by atoms with Crippen molar-refractivity contribution in [1.29, 1.82) is 0 Å². The van der Waals surface area contributed by atoms with E-state index < -0.39 is 5.54 Å². The van der Waals surface area contributed by atoms with Gasteiger partial charge in [-0.3, -0.25) is 14.6 Å². The Kier molecular flexibility index (Phi) is 5.98. The van der Waals surface area contributed by atoms with Gasteiger partial charge in [0.15, 0.2) is 0 Å². The molecule has 0 aromatic rings. The highest BCUT2D eigenvalue weighted by atomic mass is 16.5. The van der Waals surface area contributed by atoms with Gasteiger partial charge in [0.25, 0.3) is 0 Å². The maximum atomic E-state index is 12.6. The monoisotopic (exact) mass is 298 g/mol. The van der Waals surface area contributed by atoms with Crippen molar-refractivity contribution in [3.8, 4) is 0 Å². The Bertz CT molecular complexity index is 337. The predicted octanol–water partition coefficient (Wildman–Crippen LogP) is -0.493. The minimum absolute atomic E-state index is 0.130. The number of hydrogen-bond acceptors (Lipinski definition) is 5. The van der Waals surface area contributed by atoms with Gasteiger partial charge in [-0.25, -0.2) is 0 Å². The van der Waals surface area contributed by atoms with E-state index in [0.29, 0.717) is 0 Å². The number of piperazine rings is 1. The summed E-state index contributed by atoms with van der Waals surface area (Å²) in [5.74, 6) is 0.130. The summed E-state index contributed by atoms with van der Waals surface area (Å²) in [5, 5.41) is 6.51. The van der Waals surface area contributed by atoms with Gasteiger partial charge in [-0.2, -0.15) is 0 Å². The van der Waals surface area contributed by atoms with Gasteiger partial charge in [-0.1, -0.05) is 0 Å². The van der Waals surface area contributed by atoms with Gasteiger partial charge in [0.1, 0.15) is 0 Å². The van der Waals surface area contributed by atoms with Gasteiger partial charge in [-0.05, 0) is 20.8 Å². The Morgan fingerprint density at radius 1 is 1.24 bits per heavy atom. The molecule has 0 bridgehead atoms. The molecule has 122 valence electrons. The van der Waals surface area contributed by atoms with Crippen molar-refractivity contribution in [2.24, 2.45) is 0 Å². The molecule has 2 rings (SSSR count). The second-order valence-corrected chi connectivity index (χ2v) is 6.58. The predicted molar refractivity (Wildman–Crippen MR) is 83.4 cm³/mol. The van der Waals surface area contributed by atoms with E-state index in [-0.39, 0.29) is 11.9 Å². The van der Waals surface area contributed by atoms with E-state index in [1.807, 2.05) is 13.8 Å². The fourth-order valence-electron chi connectivity index (χ4n) is 2.98. The van der Waals surface area contributed by atoms with Crippen molar-refractivity contribution in [3.05, 3.63) is 0 Å². The molecule has 2 aliphatic rings. The lowest BCUT2D eigenvalue weighted by Gasteiger charge is -2.40. The quantitative estimate of drug-likeness (QED) is 0.717. The molecule has 2 fully saturated rings. The molecule has 2 N–H and O–H groups in total. The molecule has 6 nitrogen and oxygen atoms in total. The standard InChI is InChI=1S/C15H30N4O2/c1-13(12-18-8-10-21-11-9-18)17-14(20)15(2,3)19-6-4-16-5-7-19/h13,16H,4-12H2,1-3H3,(H,17,20). The van der Waals surface area contributed by atoms with Crippen LogP contribution in [0.2, 0.25) is 0 Å². The fraction of sp³-hybridized carbons (Fsp3) is 0.933. The van der Waals surface area contributed by atoms with E-state index in [9.17, 15) is 4.79 Å². The highest BCUT2D eigenvalue weighted by molar-refractivity contribution is 5.85. The molecule has 0 spiro atoms. The number of carbonyl (C=O) groups excluding carboxylic acids is 1. The molecular formula is C15H30N4O2. The molecule has 1 amide bonds. The van der Waals surface area contributed by atoms with Gasteiger partial charge in [-0.15, -0.1) is 0 Å². The van der Waals surface area contributed by atoms with Gasteiger partial charge in [0.05, 0.1) is 18.8 Å². The van der Waals surface area contributed by atoms with E-state index in [1.165, 1.54) is 0 Å². The average Bonchev–Trinajstić information content (AvgIpc) is 2.49. The van der Waals surface area contributed by atoms with Crippen LogP contribution in [0.4, 0.5) is 0 Å². The van der Waals surface area contributed by atoms with Crippen molar-refractivity contribution in [2.45, 2.75) is 32.4 Å². The first-order chi connectivity index (χ1) is 10.00. The summed E-state index contributed by atoms with van der Waals surface area (Å²) in [7, 11) is 0. The summed E-state index contributed by atoms with van der Waals surface area (Å²) in [6.07, 6.45) is 0. The lowest BCUT2D eigenvalue weighted by atomic mass is 10.00. The third-order valence-corrected chi connectivity index (χ3v) is 4.48. The molecule has 2 saturated heterocycles. The van der Waals surface area contributed by atoms with Gasteiger partial charge < -0.3 is 15.4 Å². The van der Waals surface area contributed by atoms with Crippen molar-refractivity contribution >= 4 is 5.91 Å². The van der Waals surface area contributed by atoms with Crippen molar-refractivity contribution in [1.82, 2.24) is 20.4 Å². The summed E-state index contributed by atoms with van der Waals surface area (Å²) in [6.45, 7) is 14.3. The van der Waals surface area contributed by atoms with Crippen molar-refractivity contribution in [2.75, 3.05) is 59.0 Å². The Morgan fingerprint density at radius 2 is 1.86 bits per heavy atom. The minimum atomic E-state index is -0.443. The van der Waals surface area contributed by atoms with E-state index in [0.717, 1.165) is 59.0 Å². The molecule has 2 heterocycles. The molecule has 0 aliphatic carbocycles. The largest absolute Gasteiger partial charge is 0.379 e. The molecule has 0 aromatic carbocycles. The Morgan fingerprint density at radius 3 is 2.48 bits per heavy atom. The number of carbonyl (C=O) groups is 1. The number of rotatable bonds is 5. The number of nitrogens with one attached hydrogen (secondary N) is 2. The number of ether oxygens (including phenoxy) is 1. The SMILES string of the molecule is CC(CN1CCOCC1)NC(=O)C(C)(C)N1CCNCC1. The third-order valence-electron chi connectivity index (χ3n) is 4.48. The summed E-state index contributed by atoms with van der Waals surface area (Å²) >= 11 is 0. The molecule has 2 aliphatic heterocycles. The minimum Gasteiger partial charge on any atom is -0.379 e. The van der Waals surface area contributed by atoms with E-state index in [1.54, 1.807) is 0 Å². The highest BCUT2D eigenvalue weighted by Gasteiger charge is 2.35. The van der Waals surface area contributed by atoms with E-state index in [4.69, 9.17) is 4.74 Å². The van der Waals surface area contributed by atoms with Crippen LogP contribution in [0.15, 0.2) is 0 Å². The summed E-state index contributed by atoms with van der Waals surface area (Å²) < 4.78 is 5.35. The zero-order valence-corrected chi connectivity index (χ0v) is 13.7. The van der Waals surface area contributed by atoms with Crippen LogP contribution >= 0.6 is 0 Å². The normalized spacial score (nSPS) is 23.8. The maximum absolute atomic E-state index is 12.6. The second-order valence-electron chi connectivity index (χ2n) is 6.58. The smallest absolute Gasteiger partial charge is 0.240 e. The van der Waals surface area contributed by atoms with Crippen LogP contribution in [0.1, 0.15) is 20.8 Å². The van der Waals surface area contributed by atoms with Gasteiger partial charge in [0.2, 0.25) is 5.91 Å². The van der Waals surface area contributed by atoms with Crippen molar-refractivity contribution < 1.29 is 9.53 Å². The van der Waals surface area contributed by atoms with Crippen LogP contribution in [0.5, 0.6) is 0 Å². The topological polar surface area (TPSA) is 56.8 Å². The van der Waals surface area contributed by atoms with Crippen LogP contribution in [0.25, 0.3) is 0 Å². The number of hydrogen-bond donors (Lipinski definition) is 2. The number of nitrogens with zero attached hydrogens (tertiary/aromatic N) is 2. The lowest BCUT2D eigenvalue weighted by Crippen LogP contribution is -2.61. The molecule has 6 heteroatoms. The van der Waals surface area contributed by atoms with Crippen LogP contribution in [0.3, 0.4) is 0 Å². The van der Waals surface area contributed by atoms with Crippen LogP contribution < -0.4 is 10.6 Å². The van der Waals surface area contributed by atoms with Crippen LogP contribution in [-0.4, -0.2) is 86.3 Å². The van der Waals surface area contributed by atoms with E-state index in [2.05, 4.69) is 27.4 Å². The van der Waals surface area contributed by atoms with Gasteiger partial charge in [0, 0.05) is 51.9 Å².